The lowest BCUT2D eigenvalue weighted by atomic mass is 10.1. The maximum Gasteiger partial charge on any atom is 0.143 e. The van der Waals surface area contributed by atoms with Crippen molar-refractivity contribution >= 4 is 5.69 Å². The third-order valence-electron chi connectivity index (χ3n) is 4.30. The Balaban J connectivity index is 1.61. The van der Waals surface area contributed by atoms with Crippen molar-refractivity contribution < 1.29 is 9.13 Å². The van der Waals surface area contributed by atoms with E-state index >= 15 is 0 Å². The summed E-state index contributed by atoms with van der Waals surface area (Å²) in [6, 6.07) is 6.83. The smallest absolute Gasteiger partial charge is 0.143 e. The van der Waals surface area contributed by atoms with Crippen LogP contribution in [0.1, 0.15) is 18.4 Å². The number of nitrogens with zero attached hydrogens (tertiary/aromatic N) is 3. The molecule has 1 atom stereocenters. The standard InChI is InChI=1S/C16H20FN3O/c17-15-4-1-5-16(14(15)11-18)20-8-6-19(7-9-20)12-13-3-2-10-21-13/h1,4-5,13H,2-3,6-10,12H2/t13-/m0/s1. The number of benzene rings is 1. The van der Waals surface area contributed by atoms with Gasteiger partial charge in [0, 0.05) is 39.3 Å². The van der Waals surface area contributed by atoms with E-state index < -0.39 is 5.82 Å². The molecule has 1 aromatic rings. The second-order valence-electron chi connectivity index (χ2n) is 5.67. The molecule has 21 heavy (non-hydrogen) atoms. The van der Waals surface area contributed by atoms with Crippen LogP contribution < -0.4 is 4.90 Å². The fourth-order valence-electron chi connectivity index (χ4n) is 3.13. The monoisotopic (exact) mass is 289 g/mol. The maximum absolute atomic E-state index is 13.7. The summed E-state index contributed by atoms with van der Waals surface area (Å²) >= 11 is 0. The van der Waals surface area contributed by atoms with Gasteiger partial charge >= 0.3 is 0 Å². The molecule has 0 unspecified atom stereocenters. The molecular weight excluding hydrogens is 269 g/mol. The van der Waals surface area contributed by atoms with Crippen LogP contribution in [-0.2, 0) is 4.74 Å². The van der Waals surface area contributed by atoms with E-state index in [1.165, 1.54) is 12.5 Å². The maximum atomic E-state index is 13.7. The number of ether oxygens (including phenoxy) is 1. The molecule has 2 aliphatic rings. The van der Waals surface area contributed by atoms with Crippen molar-refractivity contribution in [1.29, 1.82) is 5.26 Å². The number of hydrogen-bond donors (Lipinski definition) is 0. The van der Waals surface area contributed by atoms with Crippen LogP contribution in [-0.4, -0.2) is 50.3 Å². The summed E-state index contributed by atoms with van der Waals surface area (Å²) in [5, 5.41) is 9.13. The van der Waals surface area contributed by atoms with E-state index in [0.29, 0.717) is 11.8 Å². The van der Waals surface area contributed by atoms with Crippen LogP contribution in [0.5, 0.6) is 0 Å². The van der Waals surface area contributed by atoms with E-state index in [1.807, 2.05) is 12.1 Å². The van der Waals surface area contributed by atoms with Gasteiger partial charge in [-0.15, -0.1) is 0 Å². The van der Waals surface area contributed by atoms with Crippen LogP contribution in [0.2, 0.25) is 0 Å². The Bertz CT molecular complexity index is 529. The fourth-order valence-corrected chi connectivity index (χ4v) is 3.13. The highest BCUT2D eigenvalue weighted by Gasteiger charge is 2.24. The third kappa shape index (κ3) is 3.17. The summed E-state index contributed by atoms with van der Waals surface area (Å²) in [7, 11) is 0. The van der Waals surface area contributed by atoms with Crippen molar-refractivity contribution in [3.8, 4) is 6.07 Å². The number of piperazine rings is 1. The Hall–Kier alpha value is -1.64. The van der Waals surface area contributed by atoms with Gasteiger partial charge in [-0.05, 0) is 25.0 Å². The number of rotatable bonds is 3. The Kier molecular flexibility index (Phi) is 4.37. The number of halogens is 1. The molecule has 2 heterocycles. The van der Waals surface area contributed by atoms with E-state index in [-0.39, 0.29) is 5.56 Å². The highest BCUT2D eigenvalue weighted by atomic mass is 19.1. The first-order valence-electron chi connectivity index (χ1n) is 7.55. The first-order valence-corrected chi connectivity index (χ1v) is 7.55. The fraction of sp³-hybridized carbons (Fsp3) is 0.562. The second kappa shape index (κ2) is 6.42. The summed E-state index contributed by atoms with van der Waals surface area (Å²) in [5.41, 5.74) is 0.874. The van der Waals surface area contributed by atoms with Crippen molar-refractivity contribution in [3.05, 3.63) is 29.6 Å². The average molecular weight is 289 g/mol. The first-order chi connectivity index (χ1) is 10.3. The molecule has 0 aliphatic carbocycles. The summed E-state index contributed by atoms with van der Waals surface area (Å²) < 4.78 is 19.3. The zero-order valence-corrected chi connectivity index (χ0v) is 12.1. The van der Waals surface area contributed by atoms with E-state index in [0.717, 1.165) is 45.8 Å². The lowest BCUT2D eigenvalue weighted by molar-refractivity contribution is 0.0712. The number of anilines is 1. The minimum atomic E-state index is -0.434. The summed E-state index contributed by atoms with van der Waals surface area (Å²) in [6.07, 6.45) is 2.70. The van der Waals surface area contributed by atoms with Gasteiger partial charge in [-0.1, -0.05) is 6.07 Å². The molecule has 0 radical (unpaired) electrons. The third-order valence-corrected chi connectivity index (χ3v) is 4.30. The van der Waals surface area contributed by atoms with E-state index in [9.17, 15) is 4.39 Å². The topological polar surface area (TPSA) is 39.5 Å². The van der Waals surface area contributed by atoms with E-state index in [4.69, 9.17) is 10.00 Å². The van der Waals surface area contributed by atoms with Crippen LogP contribution in [0.3, 0.4) is 0 Å². The van der Waals surface area contributed by atoms with Crippen LogP contribution in [0.4, 0.5) is 10.1 Å². The van der Waals surface area contributed by atoms with Crippen molar-refractivity contribution in [2.24, 2.45) is 0 Å². The van der Waals surface area contributed by atoms with Crippen LogP contribution in [0.15, 0.2) is 18.2 Å². The molecule has 0 amide bonds. The zero-order valence-electron chi connectivity index (χ0n) is 12.1. The normalized spacial score (nSPS) is 23.2. The summed E-state index contributed by atoms with van der Waals surface area (Å²) in [6.45, 7) is 5.39. The van der Waals surface area contributed by atoms with Crippen molar-refractivity contribution in [3.63, 3.8) is 0 Å². The second-order valence-corrected chi connectivity index (χ2v) is 5.67. The molecule has 2 fully saturated rings. The molecule has 0 aromatic heterocycles. The first kappa shape index (κ1) is 14.3. The SMILES string of the molecule is N#Cc1c(F)cccc1N1CCN(C[C@@H]2CCCO2)CC1. The van der Waals surface area contributed by atoms with Gasteiger partial charge in [0.1, 0.15) is 17.4 Å². The van der Waals surface area contributed by atoms with Gasteiger partial charge in [0.05, 0.1) is 11.8 Å². The van der Waals surface area contributed by atoms with E-state index in [2.05, 4.69) is 9.80 Å². The zero-order chi connectivity index (χ0) is 14.7. The lowest BCUT2D eigenvalue weighted by Gasteiger charge is -2.37. The lowest BCUT2D eigenvalue weighted by Crippen LogP contribution is -2.48. The number of nitriles is 1. The quantitative estimate of drug-likeness (QED) is 0.853. The Morgan fingerprint density at radius 1 is 1.29 bits per heavy atom. The molecule has 112 valence electrons. The predicted molar refractivity (Wildman–Crippen MR) is 78.7 cm³/mol. The Morgan fingerprint density at radius 2 is 2.10 bits per heavy atom. The average Bonchev–Trinajstić information content (AvgIpc) is 3.01. The minimum absolute atomic E-state index is 0.157. The van der Waals surface area contributed by atoms with Gasteiger partial charge in [-0.25, -0.2) is 4.39 Å². The molecule has 0 saturated carbocycles. The molecule has 2 aliphatic heterocycles. The Labute approximate surface area is 124 Å². The molecule has 1 aromatic carbocycles. The van der Waals surface area contributed by atoms with Crippen LogP contribution >= 0.6 is 0 Å². The number of hydrogen-bond acceptors (Lipinski definition) is 4. The Morgan fingerprint density at radius 3 is 2.76 bits per heavy atom. The van der Waals surface area contributed by atoms with Gasteiger partial charge in [0.15, 0.2) is 0 Å². The van der Waals surface area contributed by atoms with Gasteiger partial charge in [0.2, 0.25) is 0 Å². The highest BCUT2D eigenvalue weighted by Crippen LogP contribution is 2.24. The van der Waals surface area contributed by atoms with Crippen LogP contribution in [0.25, 0.3) is 0 Å². The molecule has 0 spiro atoms. The highest BCUT2D eigenvalue weighted by molar-refractivity contribution is 5.60. The van der Waals surface area contributed by atoms with E-state index in [1.54, 1.807) is 6.07 Å². The van der Waals surface area contributed by atoms with Gasteiger partial charge < -0.3 is 9.64 Å². The largest absolute Gasteiger partial charge is 0.377 e. The molecule has 0 bridgehead atoms. The molecule has 5 heteroatoms. The van der Waals surface area contributed by atoms with Crippen molar-refractivity contribution in [2.45, 2.75) is 18.9 Å². The molecule has 0 N–H and O–H groups in total. The summed E-state index contributed by atoms with van der Waals surface area (Å²) in [5.74, 6) is -0.434. The molecule has 2 saturated heterocycles. The predicted octanol–water partition coefficient (Wildman–Crippen LogP) is 2.00. The van der Waals surface area contributed by atoms with Gasteiger partial charge in [-0.3, -0.25) is 4.90 Å². The molecule has 3 rings (SSSR count). The van der Waals surface area contributed by atoms with Crippen molar-refractivity contribution in [1.82, 2.24) is 4.90 Å². The van der Waals surface area contributed by atoms with Crippen molar-refractivity contribution in [2.75, 3.05) is 44.2 Å². The minimum Gasteiger partial charge on any atom is -0.377 e. The van der Waals surface area contributed by atoms with Gasteiger partial charge in [0.25, 0.3) is 0 Å². The van der Waals surface area contributed by atoms with Crippen LogP contribution in [0, 0.1) is 17.1 Å². The summed E-state index contributed by atoms with van der Waals surface area (Å²) in [4.78, 5) is 4.51. The van der Waals surface area contributed by atoms with Gasteiger partial charge in [-0.2, -0.15) is 5.26 Å². The molecule has 4 nitrogen and oxygen atoms in total. The molecular formula is C16H20FN3O.